The first-order valence-electron chi connectivity index (χ1n) is 32.5. The van der Waals surface area contributed by atoms with E-state index >= 15 is 0 Å². The molecule has 0 aliphatic heterocycles. The zero-order chi connectivity index (χ0) is 51.4. The van der Waals surface area contributed by atoms with Crippen molar-refractivity contribution in [2.45, 2.75) is 379 Å². The molecule has 0 aromatic rings. The van der Waals surface area contributed by atoms with Crippen LogP contribution < -0.4 is 5.32 Å². The van der Waals surface area contributed by atoms with Crippen LogP contribution in [0.1, 0.15) is 367 Å². The number of carbonyl (C=O) groups is 2. The summed E-state index contributed by atoms with van der Waals surface area (Å²) in [7, 11) is 0. The minimum absolute atomic E-state index is 0.0172. The molecule has 1 amide bonds. The topological polar surface area (TPSA) is 95.9 Å². The van der Waals surface area contributed by atoms with E-state index in [1.807, 2.05) is 6.08 Å². The van der Waals surface area contributed by atoms with Gasteiger partial charge in [0.05, 0.1) is 25.4 Å². The van der Waals surface area contributed by atoms with Crippen LogP contribution in [0.5, 0.6) is 0 Å². The van der Waals surface area contributed by atoms with Crippen molar-refractivity contribution in [3.8, 4) is 0 Å². The molecule has 6 heteroatoms. The highest BCUT2D eigenvalue weighted by Crippen LogP contribution is 2.18. The van der Waals surface area contributed by atoms with Crippen molar-refractivity contribution >= 4 is 11.9 Å². The summed E-state index contributed by atoms with van der Waals surface area (Å²) < 4.78 is 5.47. The van der Waals surface area contributed by atoms with Crippen LogP contribution in [0.15, 0.2) is 12.2 Å². The molecule has 0 radical (unpaired) electrons. The molecular formula is C65H127NO5. The van der Waals surface area contributed by atoms with Gasteiger partial charge in [0.2, 0.25) is 5.91 Å². The molecule has 2 atom stereocenters. The summed E-state index contributed by atoms with van der Waals surface area (Å²) in [6.45, 7) is 4.93. The highest BCUT2D eigenvalue weighted by molar-refractivity contribution is 5.76. The lowest BCUT2D eigenvalue weighted by Gasteiger charge is -2.20. The normalized spacial score (nSPS) is 12.6. The van der Waals surface area contributed by atoms with Gasteiger partial charge in [0.1, 0.15) is 0 Å². The smallest absolute Gasteiger partial charge is 0.305 e. The van der Waals surface area contributed by atoms with Crippen LogP contribution in [-0.2, 0) is 14.3 Å². The summed E-state index contributed by atoms with van der Waals surface area (Å²) in [5.74, 6) is -0.0453. The summed E-state index contributed by atoms with van der Waals surface area (Å²) in [6, 6.07) is -0.625. The van der Waals surface area contributed by atoms with Crippen LogP contribution in [0.25, 0.3) is 0 Å². The van der Waals surface area contributed by atoms with E-state index in [-0.39, 0.29) is 18.5 Å². The molecule has 0 aliphatic rings. The number of carbonyl (C=O) groups excluding carboxylic acids is 2. The molecule has 0 fully saturated rings. The minimum atomic E-state index is -0.842. The van der Waals surface area contributed by atoms with Gasteiger partial charge in [0.15, 0.2) is 0 Å². The van der Waals surface area contributed by atoms with Crippen LogP contribution >= 0.6 is 0 Å². The lowest BCUT2D eigenvalue weighted by molar-refractivity contribution is -0.143. The van der Waals surface area contributed by atoms with Gasteiger partial charge in [-0.25, -0.2) is 0 Å². The molecule has 0 aromatic carbocycles. The van der Waals surface area contributed by atoms with Gasteiger partial charge >= 0.3 is 5.97 Å². The molecule has 0 saturated carbocycles. The molecule has 2 unspecified atom stereocenters. The van der Waals surface area contributed by atoms with Crippen molar-refractivity contribution < 1.29 is 24.5 Å². The summed E-state index contributed by atoms with van der Waals surface area (Å²) in [5.41, 5.74) is 0. The van der Waals surface area contributed by atoms with Crippen molar-refractivity contribution in [2.24, 2.45) is 0 Å². The molecule has 0 heterocycles. The van der Waals surface area contributed by atoms with Gasteiger partial charge in [-0.3, -0.25) is 9.59 Å². The van der Waals surface area contributed by atoms with Gasteiger partial charge in [-0.1, -0.05) is 334 Å². The van der Waals surface area contributed by atoms with Crippen molar-refractivity contribution in [3.63, 3.8) is 0 Å². The summed E-state index contributed by atoms with van der Waals surface area (Å²) >= 11 is 0. The Bertz CT molecular complexity index is 1060. The van der Waals surface area contributed by atoms with E-state index in [1.54, 1.807) is 6.08 Å². The fraction of sp³-hybridized carbons (Fsp3) is 0.938. The Labute approximate surface area is 444 Å². The molecule has 422 valence electrons. The fourth-order valence-corrected chi connectivity index (χ4v) is 10.3. The molecule has 0 aromatic heterocycles. The summed E-state index contributed by atoms with van der Waals surface area (Å²) in [4.78, 5) is 24.5. The van der Waals surface area contributed by atoms with Crippen LogP contribution in [0.3, 0.4) is 0 Å². The number of hydrogen-bond donors (Lipinski definition) is 3. The average molecular weight is 1000 g/mol. The summed E-state index contributed by atoms with van der Waals surface area (Å²) in [5, 5.41) is 23.2. The molecule has 0 bridgehead atoms. The number of unbranched alkanes of at least 4 members (excludes halogenated alkanes) is 50. The lowest BCUT2D eigenvalue weighted by Crippen LogP contribution is -2.45. The number of hydrogen-bond acceptors (Lipinski definition) is 5. The second kappa shape index (κ2) is 61.1. The van der Waals surface area contributed by atoms with Crippen molar-refractivity contribution in [2.75, 3.05) is 13.2 Å². The van der Waals surface area contributed by atoms with Gasteiger partial charge in [0.25, 0.3) is 0 Å². The molecule has 0 saturated heterocycles. The molecule has 6 nitrogen and oxygen atoms in total. The van der Waals surface area contributed by atoms with Crippen LogP contribution in [0.4, 0.5) is 0 Å². The van der Waals surface area contributed by atoms with Gasteiger partial charge in [-0.05, 0) is 32.1 Å². The van der Waals surface area contributed by atoms with Crippen LogP contribution in [0.2, 0.25) is 0 Å². The quantitative estimate of drug-likeness (QED) is 0.0320. The Morgan fingerprint density at radius 2 is 0.648 bits per heavy atom. The van der Waals surface area contributed by atoms with Crippen molar-refractivity contribution in [1.29, 1.82) is 0 Å². The summed E-state index contributed by atoms with van der Waals surface area (Å²) in [6.07, 6.45) is 74.1. The second-order valence-electron chi connectivity index (χ2n) is 22.5. The first-order valence-corrected chi connectivity index (χ1v) is 32.5. The molecule has 0 rings (SSSR count). The van der Waals surface area contributed by atoms with Gasteiger partial charge in [-0.15, -0.1) is 0 Å². The first-order chi connectivity index (χ1) is 35.0. The highest BCUT2D eigenvalue weighted by Gasteiger charge is 2.18. The zero-order valence-corrected chi connectivity index (χ0v) is 48.2. The SMILES string of the molecule is CCCCCCCCCCCCCCCCC/C=C/C(O)C(CO)NC(=O)CCCCCCCCCCCCCCCCCCCCCCCCCCCCOC(=O)CCCCCCCCCCCCC. The molecular weight excluding hydrogens is 875 g/mol. The number of aliphatic hydroxyl groups is 2. The van der Waals surface area contributed by atoms with Crippen molar-refractivity contribution in [1.82, 2.24) is 5.32 Å². The molecule has 71 heavy (non-hydrogen) atoms. The van der Waals surface area contributed by atoms with Gasteiger partial charge in [0, 0.05) is 12.8 Å². The fourth-order valence-electron chi connectivity index (χ4n) is 10.3. The van der Waals surface area contributed by atoms with Crippen LogP contribution in [0, 0.1) is 0 Å². The van der Waals surface area contributed by atoms with Crippen LogP contribution in [-0.4, -0.2) is 47.4 Å². The Morgan fingerprint density at radius 1 is 0.380 bits per heavy atom. The Kier molecular flexibility index (Phi) is 59.9. The van der Waals surface area contributed by atoms with E-state index in [0.717, 1.165) is 38.5 Å². The number of nitrogens with one attached hydrogen (secondary N) is 1. The third-order valence-electron chi connectivity index (χ3n) is 15.3. The maximum Gasteiger partial charge on any atom is 0.305 e. The molecule has 0 aliphatic carbocycles. The van der Waals surface area contributed by atoms with E-state index in [1.165, 1.54) is 302 Å². The number of ether oxygens (including phenoxy) is 1. The zero-order valence-electron chi connectivity index (χ0n) is 48.2. The predicted octanol–water partition coefficient (Wildman–Crippen LogP) is 20.4. The van der Waals surface area contributed by atoms with E-state index in [2.05, 4.69) is 19.2 Å². The third kappa shape index (κ3) is 57.7. The van der Waals surface area contributed by atoms with Gasteiger partial charge < -0.3 is 20.3 Å². The number of amides is 1. The molecule has 3 N–H and O–H groups in total. The average Bonchev–Trinajstić information content (AvgIpc) is 3.37. The molecule has 0 spiro atoms. The standard InChI is InChI=1S/C65H127NO5/c1-3-5-7-9-11-13-15-16-17-28-31-34-38-41-45-49-53-57-63(68)62(61-67)66-64(69)58-54-50-46-42-39-35-32-29-26-24-22-20-18-19-21-23-25-27-30-33-36-40-44-48-52-56-60-71-65(70)59-55-51-47-43-37-14-12-10-8-6-4-2/h53,57,62-63,67-68H,3-52,54-56,58-61H2,1-2H3,(H,66,69)/b57-53+. The highest BCUT2D eigenvalue weighted by atomic mass is 16.5. The Hall–Kier alpha value is -1.40. The Morgan fingerprint density at radius 3 is 0.958 bits per heavy atom. The maximum absolute atomic E-state index is 12.5. The van der Waals surface area contributed by atoms with E-state index in [9.17, 15) is 19.8 Å². The lowest BCUT2D eigenvalue weighted by atomic mass is 10.0. The maximum atomic E-state index is 12.5. The monoisotopic (exact) mass is 1000 g/mol. The number of aliphatic hydroxyl groups excluding tert-OH is 2. The van der Waals surface area contributed by atoms with E-state index < -0.39 is 12.1 Å². The minimum Gasteiger partial charge on any atom is -0.466 e. The van der Waals surface area contributed by atoms with E-state index in [0.29, 0.717) is 19.4 Å². The van der Waals surface area contributed by atoms with Gasteiger partial charge in [-0.2, -0.15) is 0 Å². The number of allylic oxidation sites excluding steroid dienone is 1. The number of rotatable bonds is 61. The third-order valence-corrected chi connectivity index (χ3v) is 15.3. The predicted molar refractivity (Wildman–Crippen MR) is 310 cm³/mol. The number of esters is 1. The largest absolute Gasteiger partial charge is 0.466 e. The van der Waals surface area contributed by atoms with Crippen molar-refractivity contribution in [3.05, 3.63) is 12.2 Å². The van der Waals surface area contributed by atoms with E-state index in [4.69, 9.17) is 4.74 Å². The second-order valence-corrected chi connectivity index (χ2v) is 22.5. The first kappa shape index (κ1) is 69.6. The Balaban J connectivity index is 3.37.